The molecule has 1 heterocycles. The Morgan fingerprint density at radius 3 is 1.96 bits per heavy atom. The summed E-state index contributed by atoms with van der Waals surface area (Å²) in [4.78, 5) is 2.57. The van der Waals surface area contributed by atoms with Gasteiger partial charge in [0.05, 0.1) is 5.56 Å². The lowest BCUT2D eigenvalue weighted by Gasteiger charge is -2.35. The summed E-state index contributed by atoms with van der Waals surface area (Å²) in [6, 6.07) is 14.2. The van der Waals surface area contributed by atoms with Crippen LogP contribution in [0.2, 0.25) is 0 Å². The van der Waals surface area contributed by atoms with Crippen molar-refractivity contribution < 1.29 is 13.2 Å². The first-order valence-corrected chi connectivity index (χ1v) is 9.73. The van der Waals surface area contributed by atoms with Gasteiger partial charge in [0.1, 0.15) is 0 Å². The number of piperazine rings is 1. The van der Waals surface area contributed by atoms with Gasteiger partial charge in [-0.05, 0) is 41.2 Å². The number of nitrogens with zero attached hydrogens (tertiary/aromatic N) is 1. The van der Waals surface area contributed by atoms with Gasteiger partial charge in [0, 0.05) is 32.2 Å². The van der Waals surface area contributed by atoms with Crippen molar-refractivity contribution in [2.75, 3.05) is 26.2 Å². The van der Waals surface area contributed by atoms with E-state index in [2.05, 4.69) is 22.3 Å². The predicted molar refractivity (Wildman–Crippen MR) is 101 cm³/mol. The molecule has 2 fully saturated rings. The number of alkyl halides is 3. The van der Waals surface area contributed by atoms with Crippen molar-refractivity contribution in [3.63, 3.8) is 0 Å². The van der Waals surface area contributed by atoms with Crippen LogP contribution in [0.4, 0.5) is 13.2 Å². The molecule has 2 aromatic carbocycles. The number of halogens is 3. The predicted octanol–water partition coefficient (Wildman–Crippen LogP) is 5.12. The summed E-state index contributed by atoms with van der Waals surface area (Å²) in [5.41, 5.74) is 2.49. The van der Waals surface area contributed by atoms with E-state index in [9.17, 15) is 13.2 Å². The Morgan fingerprint density at radius 1 is 0.889 bits per heavy atom. The van der Waals surface area contributed by atoms with E-state index in [1.807, 2.05) is 12.1 Å². The van der Waals surface area contributed by atoms with Crippen LogP contribution in [-0.4, -0.2) is 31.1 Å². The summed E-state index contributed by atoms with van der Waals surface area (Å²) in [7, 11) is 0. The van der Waals surface area contributed by atoms with Crippen LogP contribution < -0.4 is 5.32 Å². The van der Waals surface area contributed by atoms with Gasteiger partial charge in [-0.3, -0.25) is 4.90 Å². The second kappa shape index (κ2) is 7.64. The van der Waals surface area contributed by atoms with Gasteiger partial charge in [0.25, 0.3) is 0 Å². The largest absolute Gasteiger partial charge is 0.416 e. The normalized spacial score (nSPS) is 19.8. The summed E-state index contributed by atoms with van der Waals surface area (Å²) in [5, 5.41) is 3.41. The Labute approximate surface area is 158 Å². The van der Waals surface area contributed by atoms with Crippen molar-refractivity contribution in [2.45, 2.75) is 31.5 Å². The van der Waals surface area contributed by atoms with Crippen molar-refractivity contribution in [2.24, 2.45) is 5.92 Å². The summed E-state index contributed by atoms with van der Waals surface area (Å²) < 4.78 is 38.2. The highest BCUT2D eigenvalue weighted by molar-refractivity contribution is 5.64. The molecule has 144 valence electrons. The van der Waals surface area contributed by atoms with Gasteiger partial charge in [-0.2, -0.15) is 13.2 Å². The maximum absolute atomic E-state index is 12.7. The average molecular weight is 374 g/mol. The van der Waals surface area contributed by atoms with Crippen molar-refractivity contribution >= 4 is 0 Å². The van der Waals surface area contributed by atoms with Crippen molar-refractivity contribution in [1.82, 2.24) is 10.2 Å². The van der Waals surface area contributed by atoms with Gasteiger partial charge in [-0.25, -0.2) is 0 Å². The number of nitrogens with one attached hydrogen (secondary N) is 1. The summed E-state index contributed by atoms with van der Waals surface area (Å²) >= 11 is 0. The molecule has 0 amide bonds. The topological polar surface area (TPSA) is 15.3 Å². The Balaban J connectivity index is 1.52. The van der Waals surface area contributed by atoms with Gasteiger partial charge in [0.15, 0.2) is 0 Å². The molecule has 1 aliphatic carbocycles. The number of hydrogen-bond acceptors (Lipinski definition) is 2. The van der Waals surface area contributed by atoms with Crippen LogP contribution in [-0.2, 0) is 6.18 Å². The molecule has 1 saturated heterocycles. The quantitative estimate of drug-likeness (QED) is 0.782. The molecule has 0 radical (unpaired) electrons. The summed E-state index contributed by atoms with van der Waals surface area (Å²) in [6.07, 6.45) is -0.403. The lowest BCUT2D eigenvalue weighted by Crippen LogP contribution is -2.45. The zero-order chi connectivity index (χ0) is 18.9. The summed E-state index contributed by atoms with van der Waals surface area (Å²) in [6.45, 7) is 4.20. The zero-order valence-electron chi connectivity index (χ0n) is 15.3. The lowest BCUT2D eigenvalue weighted by atomic mass is 9.95. The standard InChI is InChI=1S/C22H25F3N2/c23-22(24,25)20-9-7-18(8-10-20)17-3-5-19(6-4-17)21(15-16-1-2-16)27-13-11-26-12-14-27/h3-10,16,21,26H,1-2,11-15H2/t21-/m0/s1. The minimum absolute atomic E-state index is 0.446. The van der Waals surface area contributed by atoms with Crippen molar-refractivity contribution in [1.29, 1.82) is 0 Å². The second-order valence-electron chi connectivity index (χ2n) is 7.68. The Bertz CT molecular complexity index is 743. The fraction of sp³-hybridized carbons (Fsp3) is 0.455. The third-order valence-corrected chi connectivity index (χ3v) is 5.69. The van der Waals surface area contributed by atoms with Crippen molar-refractivity contribution in [3.8, 4) is 11.1 Å². The van der Waals surface area contributed by atoms with Gasteiger partial charge >= 0.3 is 6.18 Å². The fourth-order valence-corrected chi connectivity index (χ4v) is 3.91. The number of hydrogen-bond donors (Lipinski definition) is 1. The molecule has 2 nitrogen and oxygen atoms in total. The molecule has 27 heavy (non-hydrogen) atoms. The molecule has 0 spiro atoms. The smallest absolute Gasteiger partial charge is 0.314 e. The first-order chi connectivity index (χ1) is 13.0. The van der Waals surface area contributed by atoms with E-state index in [1.165, 1.54) is 24.8 Å². The molecular weight excluding hydrogens is 349 g/mol. The van der Waals surface area contributed by atoms with Gasteiger partial charge in [-0.15, -0.1) is 0 Å². The first kappa shape index (κ1) is 18.5. The van der Waals surface area contributed by atoms with Crippen LogP contribution >= 0.6 is 0 Å². The van der Waals surface area contributed by atoms with Gasteiger partial charge in [-0.1, -0.05) is 49.2 Å². The first-order valence-electron chi connectivity index (χ1n) is 9.73. The molecule has 2 aromatic rings. The maximum Gasteiger partial charge on any atom is 0.416 e. The molecule has 1 aliphatic heterocycles. The maximum atomic E-state index is 12.7. The Hall–Kier alpha value is -1.85. The van der Waals surface area contributed by atoms with E-state index < -0.39 is 11.7 Å². The number of rotatable bonds is 5. The zero-order valence-corrected chi connectivity index (χ0v) is 15.3. The molecular formula is C22H25F3N2. The molecule has 5 heteroatoms. The van der Waals surface area contributed by atoms with Crippen LogP contribution in [0, 0.1) is 5.92 Å². The minimum atomic E-state index is -4.29. The van der Waals surface area contributed by atoms with Crippen LogP contribution in [0.3, 0.4) is 0 Å². The van der Waals surface area contributed by atoms with E-state index >= 15 is 0 Å². The molecule has 0 aromatic heterocycles. The van der Waals surface area contributed by atoms with Gasteiger partial charge < -0.3 is 5.32 Å². The second-order valence-corrected chi connectivity index (χ2v) is 7.68. The number of benzene rings is 2. The van der Waals surface area contributed by atoms with E-state index in [1.54, 1.807) is 12.1 Å². The fourth-order valence-electron chi connectivity index (χ4n) is 3.91. The van der Waals surface area contributed by atoms with Crippen LogP contribution in [0.1, 0.15) is 36.4 Å². The molecule has 1 N–H and O–H groups in total. The van der Waals surface area contributed by atoms with Crippen molar-refractivity contribution in [3.05, 3.63) is 59.7 Å². The molecule has 1 saturated carbocycles. The van der Waals surface area contributed by atoms with Crippen LogP contribution in [0.25, 0.3) is 11.1 Å². The Kier molecular flexibility index (Phi) is 5.24. The van der Waals surface area contributed by atoms with E-state index in [0.29, 0.717) is 6.04 Å². The lowest BCUT2D eigenvalue weighted by molar-refractivity contribution is -0.137. The highest BCUT2D eigenvalue weighted by atomic mass is 19.4. The Morgan fingerprint density at radius 2 is 1.44 bits per heavy atom. The van der Waals surface area contributed by atoms with E-state index in [4.69, 9.17) is 0 Å². The molecule has 1 atom stereocenters. The third kappa shape index (κ3) is 4.53. The molecule has 2 aliphatic rings. The van der Waals surface area contributed by atoms with E-state index in [-0.39, 0.29) is 0 Å². The molecule has 0 unspecified atom stereocenters. The van der Waals surface area contributed by atoms with E-state index in [0.717, 1.165) is 55.4 Å². The SMILES string of the molecule is FC(F)(F)c1ccc(-c2ccc([C@H](CC3CC3)N3CCNCC3)cc2)cc1. The summed E-state index contributed by atoms with van der Waals surface area (Å²) in [5.74, 6) is 0.847. The highest BCUT2D eigenvalue weighted by Gasteiger charge is 2.31. The molecule has 0 bridgehead atoms. The minimum Gasteiger partial charge on any atom is -0.314 e. The monoisotopic (exact) mass is 374 g/mol. The third-order valence-electron chi connectivity index (χ3n) is 5.69. The van der Waals surface area contributed by atoms with Crippen LogP contribution in [0.5, 0.6) is 0 Å². The molecule has 4 rings (SSSR count). The average Bonchev–Trinajstić information content (AvgIpc) is 3.51. The van der Waals surface area contributed by atoms with Gasteiger partial charge in [0.2, 0.25) is 0 Å². The van der Waals surface area contributed by atoms with Crippen LogP contribution in [0.15, 0.2) is 48.5 Å². The highest BCUT2D eigenvalue weighted by Crippen LogP contribution is 2.40.